The maximum atomic E-state index is 12.5. The smallest absolute Gasteiger partial charge is 0.335 e. The lowest BCUT2D eigenvalue weighted by Gasteiger charge is -2.25. The van der Waals surface area contributed by atoms with E-state index in [1.807, 2.05) is 4.90 Å². The van der Waals surface area contributed by atoms with Crippen LogP contribution in [0.1, 0.15) is 60.4 Å². The van der Waals surface area contributed by atoms with Gasteiger partial charge in [0, 0.05) is 18.8 Å². The van der Waals surface area contributed by atoms with Crippen molar-refractivity contribution >= 4 is 11.9 Å². The molecule has 21 heavy (non-hydrogen) atoms. The summed E-state index contributed by atoms with van der Waals surface area (Å²) in [4.78, 5) is 29.4. The summed E-state index contributed by atoms with van der Waals surface area (Å²) in [6, 6.07) is 3.03. The molecule has 114 valence electrons. The zero-order valence-corrected chi connectivity index (χ0v) is 12.6. The van der Waals surface area contributed by atoms with Gasteiger partial charge in [-0.15, -0.1) is 0 Å². The normalized spacial score (nSPS) is 18.2. The first-order valence-corrected chi connectivity index (χ1v) is 7.49. The van der Waals surface area contributed by atoms with E-state index in [1.54, 1.807) is 0 Å². The SMILES string of the molecule is CC(C)CCC1CCCN1C(=O)c1cc(C(=O)O)ccn1. The highest BCUT2D eigenvalue weighted by molar-refractivity contribution is 5.96. The largest absolute Gasteiger partial charge is 0.478 e. The highest BCUT2D eigenvalue weighted by Crippen LogP contribution is 2.24. The number of rotatable bonds is 5. The van der Waals surface area contributed by atoms with Gasteiger partial charge in [0.05, 0.1) is 5.56 Å². The number of carboxylic acids is 1. The third-order valence-electron chi connectivity index (χ3n) is 3.94. The summed E-state index contributed by atoms with van der Waals surface area (Å²) in [5.41, 5.74) is 0.331. The minimum Gasteiger partial charge on any atom is -0.478 e. The lowest BCUT2D eigenvalue weighted by atomic mass is 10.0. The van der Waals surface area contributed by atoms with E-state index in [9.17, 15) is 9.59 Å². The van der Waals surface area contributed by atoms with Crippen LogP contribution in [0.4, 0.5) is 0 Å². The van der Waals surface area contributed by atoms with Crippen LogP contribution in [0.25, 0.3) is 0 Å². The second kappa shape index (κ2) is 6.70. The van der Waals surface area contributed by atoms with Crippen LogP contribution in [0, 0.1) is 5.92 Å². The Morgan fingerprint density at radius 1 is 1.48 bits per heavy atom. The van der Waals surface area contributed by atoms with Crippen molar-refractivity contribution in [2.45, 2.75) is 45.6 Å². The molecule has 5 heteroatoms. The molecule has 1 N–H and O–H groups in total. The first-order chi connectivity index (χ1) is 9.99. The first kappa shape index (κ1) is 15.5. The Kier molecular flexibility index (Phi) is 4.94. The summed E-state index contributed by atoms with van der Waals surface area (Å²) in [6.07, 6.45) is 5.51. The van der Waals surface area contributed by atoms with Crippen molar-refractivity contribution in [2.24, 2.45) is 5.92 Å². The van der Waals surface area contributed by atoms with Crippen LogP contribution in [0.5, 0.6) is 0 Å². The zero-order valence-electron chi connectivity index (χ0n) is 12.6. The molecule has 1 aromatic heterocycles. The molecule has 1 saturated heterocycles. The summed E-state index contributed by atoms with van der Waals surface area (Å²) >= 11 is 0. The number of aromatic nitrogens is 1. The second-order valence-electron chi connectivity index (χ2n) is 6.00. The van der Waals surface area contributed by atoms with Gasteiger partial charge in [-0.1, -0.05) is 13.8 Å². The molecule has 0 saturated carbocycles. The average molecular weight is 290 g/mol. The molecule has 5 nitrogen and oxygen atoms in total. The summed E-state index contributed by atoms with van der Waals surface area (Å²) < 4.78 is 0. The predicted octanol–water partition coefficient (Wildman–Crippen LogP) is 2.82. The number of pyridine rings is 1. The molecule has 1 atom stereocenters. The van der Waals surface area contributed by atoms with Crippen molar-refractivity contribution in [3.8, 4) is 0 Å². The fourth-order valence-electron chi connectivity index (χ4n) is 2.76. The number of hydrogen-bond acceptors (Lipinski definition) is 3. The third-order valence-corrected chi connectivity index (χ3v) is 3.94. The molecule has 0 radical (unpaired) electrons. The Bertz CT molecular complexity index is 528. The van der Waals surface area contributed by atoms with Gasteiger partial charge in [-0.25, -0.2) is 4.79 Å². The van der Waals surface area contributed by atoms with E-state index in [4.69, 9.17) is 5.11 Å². The first-order valence-electron chi connectivity index (χ1n) is 7.49. The quantitative estimate of drug-likeness (QED) is 0.905. The van der Waals surface area contributed by atoms with Gasteiger partial charge < -0.3 is 10.0 Å². The van der Waals surface area contributed by atoms with E-state index < -0.39 is 5.97 Å². The Morgan fingerprint density at radius 2 is 2.24 bits per heavy atom. The van der Waals surface area contributed by atoms with Crippen molar-refractivity contribution < 1.29 is 14.7 Å². The van der Waals surface area contributed by atoms with Gasteiger partial charge >= 0.3 is 5.97 Å². The van der Waals surface area contributed by atoms with Crippen molar-refractivity contribution in [1.29, 1.82) is 0 Å². The van der Waals surface area contributed by atoms with Crippen molar-refractivity contribution in [2.75, 3.05) is 6.54 Å². The third kappa shape index (κ3) is 3.80. The topological polar surface area (TPSA) is 70.5 Å². The molecule has 1 aliphatic heterocycles. The molecule has 1 amide bonds. The van der Waals surface area contributed by atoms with Crippen LogP contribution in [0.15, 0.2) is 18.3 Å². The number of likely N-dealkylation sites (tertiary alicyclic amines) is 1. The van der Waals surface area contributed by atoms with Gasteiger partial charge in [-0.05, 0) is 43.7 Å². The van der Waals surface area contributed by atoms with Crippen LogP contribution < -0.4 is 0 Å². The molecule has 2 heterocycles. The maximum absolute atomic E-state index is 12.5. The van der Waals surface area contributed by atoms with E-state index in [1.165, 1.54) is 18.3 Å². The minimum absolute atomic E-state index is 0.103. The molecule has 1 aliphatic rings. The van der Waals surface area contributed by atoms with E-state index in [2.05, 4.69) is 18.8 Å². The maximum Gasteiger partial charge on any atom is 0.335 e. The monoisotopic (exact) mass is 290 g/mol. The molecule has 0 bridgehead atoms. The van der Waals surface area contributed by atoms with Gasteiger partial charge in [0.2, 0.25) is 0 Å². The predicted molar refractivity (Wildman–Crippen MR) is 79.3 cm³/mol. The van der Waals surface area contributed by atoms with Gasteiger partial charge in [0.1, 0.15) is 5.69 Å². The lowest BCUT2D eigenvalue weighted by Crippen LogP contribution is -2.36. The number of carbonyl (C=O) groups is 2. The Labute approximate surface area is 125 Å². The number of aromatic carboxylic acids is 1. The second-order valence-corrected chi connectivity index (χ2v) is 6.00. The molecule has 1 aromatic rings. The highest BCUT2D eigenvalue weighted by atomic mass is 16.4. The summed E-state index contributed by atoms with van der Waals surface area (Å²) in [5.74, 6) is -0.565. The van der Waals surface area contributed by atoms with Crippen LogP contribution in [0.2, 0.25) is 0 Å². The van der Waals surface area contributed by atoms with Crippen molar-refractivity contribution in [3.63, 3.8) is 0 Å². The average Bonchev–Trinajstić information content (AvgIpc) is 2.92. The number of nitrogens with zero attached hydrogens (tertiary/aromatic N) is 2. The van der Waals surface area contributed by atoms with E-state index >= 15 is 0 Å². The van der Waals surface area contributed by atoms with E-state index in [0.717, 1.165) is 32.2 Å². The molecule has 0 spiro atoms. The zero-order chi connectivity index (χ0) is 15.4. The Balaban J connectivity index is 2.11. The molecule has 0 aliphatic carbocycles. The van der Waals surface area contributed by atoms with Gasteiger partial charge in [-0.2, -0.15) is 0 Å². The molecular weight excluding hydrogens is 268 g/mol. The van der Waals surface area contributed by atoms with Crippen LogP contribution >= 0.6 is 0 Å². The summed E-state index contributed by atoms with van der Waals surface area (Å²) in [5, 5.41) is 9.00. The summed E-state index contributed by atoms with van der Waals surface area (Å²) in [6.45, 7) is 5.10. The van der Waals surface area contributed by atoms with E-state index in [0.29, 0.717) is 5.92 Å². The highest BCUT2D eigenvalue weighted by Gasteiger charge is 2.30. The van der Waals surface area contributed by atoms with Crippen LogP contribution in [-0.2, 0) is 0 Å². The van der Waals surface area contributed by atoms with Crippen LogP contribution in [0.3, 0.4) is 0 Å². The standard InChI is InChI=1S/C16H22N2O3/c1-11(2)5-6-13-4-3-9-18(13)15(19)14-10-12(16(20)21)7-8-17-14/h7-8,10-11,13H,3-6,9H2,1-2H3,(H,20,21). The van der Waals surface area contributed by atoms with E-state index in [-0.39, 0.29) is 23.2 Å². The van der Waals surface area contributed by atoms with Gasteiger partial charge in [-0.3, -0.25) is 9.78 Å². The van der Waals surface area contributed by atoms with Crippen LogP contribution in [-0.4, -0.2) is 39.5 Å². The fraction of sp³-hybridized carbons (Fsp3) is 0.562. The minimum atomic E-state index is -1.04. The Morgan fingerprint density at radius 3 is 2.90 bits per heavy atom. The number of hydrogen-bond donors (Lipinski definition) is 1. The molecule has 0 aromatic carbocycles. The lowest BCUT2D eigenvalue weighted by molar-refractivity contribution is 0.0696. The van der Waals surface area contributed by atoms with Gasteiger partial charge in [0.25, 0.3) is 5.91 Å². The molecule has 1 fully saturated rings. The fourth-order valence-corrected chi connectivity index (χ4v) is 2.76. The molecular formula is C16H22N2O3. The number of carboxylic acid groups (broad SMARTS) is 1. The molecule has 2 rings (SSSR count). The van der Waals surface area contributed by atoms with Crippen molar-refractivity contribution in [3.05, 3.63) is 29.6 Å². The number of amides is 1. The Hall–Kier alpha value is -1.91. The number of carbonyl (C=O) groups excluding carboxylic acids is 1. The van der Waals surface area contributed by atoms with Crippen molar-refractivity contribution in [1.82, 2.24) is 9.88 Å². The van der Waals surface area contributed by atoms with Gasteiger partial charge in [0.15, 0.2) is 0 Å². The molecule has 1 unspecified atom stereocenters. The summed E-state index contributed by atoms with van der Waals surface area (Å²) in [7, 11) is 0.